The second kappa shape index (κ2) is 6.84. The number of amides is 1. The lowest BCUT2D eigenvalue weighted by molar-refractivity contribution is 0.0947. The Kier molecular flexibility index (Phi) is 5.12. The first-order valence-electron chi connectivity index (χ1n) is 7.63. The maximum atomic E-state index is 12.0. The zero-order valence-electron chi connectivity index (χ0n) is 12.8. The van der Waals surface area contributed by atoms with Crippen LogP contribution in [0.5, 0.6) is 0 Å². The number of nitrogens with zero attached hydrogens (tertiary/aromatic N) is 2. The minimum absolute atomic E-state index is 0.0529. The van der Waals surface area contributed by atoms with Gasteiger partial charge in [-0.3, -0.25) is 9.69 Å². The third-order valence-electron chi connectivity index (χ3n) is 3.87. The monoisotopic (exact) mass is 275 g/mol. The van der Waals surface area contributed by atoms with Gasteiger partial charge in [0.25, 0.3) is 5.91 Å². The lowest BCUT2D eigenvalue weighted by Gasteiger charge is -2.31. The number of aromatic nitrogens is 1. The zero-order chi connectivity index (χ0) is 14.5. The van der Waals surface area contributed by atoms with E-state index in [0.717, 1.165) is 44.6 Å². The van der Waals surface area contributed by atoms with E-state index in [2.05, 4.69) is 42.0 Å². The van der Waals surface area contributed by atoms with Crippen LogP contribution in [0, 0.1) is 0 Å². The molecule has 0 unspecified atom stereocenters. The Morgan fingerprint density at radius 1 is 1.45 bits per heavy atom. The highest BCUT2D eigenvalue weighted by molar-refractivity contribution is 5.92. The molecule has 1 aliphatic heterocycles. The van der Waals surface area contributed by atoms with E-state index in [1.807, 2.05) is 6.07 Å². The zero-order valence-corrected chi connectivity index (χ0v) is 12.8. The highest BCUT2D eigenvalue weighted by Gasteiger charge is 2.20. The first kappa shape index (κ1) is 15.0. The smallest absolute Gasteiger partial charge is 0.269 e. The van der Waals surface area contributed by atoms with Crippen LogP contribution < -0.4 is 5.32 Å². The molecule has 1 aromatic heterocycles. The number of nitrogens with one attached hydrogen (secondary N) is 1. The van der Waals surface area contributed by atoms with Crippen molar-refractivity contribution in [3.63, 3.8) is 0 Å². The van der Waals surface area contributed by atoms with Crippen molar-refractivity contribution in [2.75, 3.05) is 13.1 Å². The molecule has 1 aliphatic rings. The van der Waals surface area contributed by atoms with E-state index in [1.54, 1.807) is 0 Å². The Bertz CT molecular complexity index is 471. The Morgan fingerprint density at radius 3 is 2.95 bits per heavy atom. The topological polar surface area (TPSA) is 45.2 Å². The standard InChI is InChI=1S/C16H25N3O/c1-4-5-9-17-16(20)14-7-6-13-8-10-19(12(2)3)11-15(13)18-14/h6-7,12H,4-5,8-11H2,1-3H3,(H,17,20). The third-order valence-corrected chi connectivity index (χ3v) is 3.87. The van der Waals surface area contributed by atoms with Crippen LogP contribution in [-0.4, -0.2) is 34.9 Å². The van der Waals surface area contributed by atoms with E-state index in [9.17, 15) is 4.79 Å². The van der Waals surface area contributed by atoms with Crippen LogP contribution in [0.15, 0.2) is 12.1 Å². The van der Waals surface area contributed by atoms with E-state index in [1.165, 1.54) is 5.56 Å². The SMILES string of the molecule is CCCCNC(=O)c1ccc2c(n1)CN(C(C)C)CC2. The summed E-state index contributed by atoms with van der Waals surface area (Å²) in [6, 6.07) is 4.44. The summed E-state index contributed by atoms with van der Waals surface area (Å²) in [6.07, 6.45) is 3.12. The van der Waals surface area contributed by atoms with Crippen molar-refractivity contribution in [2.45, 2.75) is 52.6 Å². The minimum atomic E-state index is -0.0529. The lowest BCUT2D eigenvalue weighted by atomic mass is 10.0. The molecule has 0 aliphatic carbocycles. The molecule has 110 valence electrons. The largest absolute Gasteiger partial charge is 0.351 e. The summed E-state index contributed by atoms with van der Waals surface area (Å²) in [4.78, 5) is 19.0. The first-order chi connectivity index (χ1) is 9.61. The fraction of sp³-hybridized carbons (Fsp3) is 0.625. The summed E-state index contributed by atoms with van der Waals surface area (Å²) < 4.78 is 0. The van der Waals surface area contributed by atoms with Crippen LogP contribution in [0.1, 0.15) is 55.4 Å². The van der Waals surface area contributed by atoms with Gasteiger partial charge < -0.3 is 5.32 Å². The minimum Gasteiger partial charge on any atom is -0.351 e. The second-order valence-electron chi connectivity index (χ2n) is 5.73. The van der Waals surface area contributed by atoms with Crippen molar-refractivity contribution in [3.8, 4) is 0 Å². The van der Waals surface area contributed by atoms with Gasteiger partial charge in [0, 0.05) is 25.7 Å². The van der Waals surface area contributed by atoms with Gasteiger partial charge in [-0.2, -0.15) is 0 Å². The molecule has 1 aromatic rings. The number of pyridine rings is 1. The van der Waals surface area contributed by atoms with Crippen LogP contribution in [-0.2, 0) is 13.0 Å². The van der Waals surface area contributed by atoms with Gasteiger partial charge in [-0.05, 0) is 38.3 Å². The average molecular weight is 275 g/mol. The van der Waals surface area contributed by atoms with Crippen molar-refractivity contribution in [1.29, 1.82) is 0 Å². The Morgan fingerprint density at radius 2 is 2.25 bits per heavy atom. The van der Waals surface area contributed by atoms with Crippen molar-refractivity contribution in [2.24, 2.45) is 0 Å². The van der Waals surface area contributed by atoms with Crippen LogP contribution >= 0.6 is 0 Å². The van der Waals surface area contributed by atoms with Crippen molar-refractivity contribution in [1.82, 2.24) is 15.2 Å². The van der Waals surface area contributed by atoms with E-state index >= 15 is 0 Å². The number of carbonyl (C=O) groups is 1. The van der Waals surface area contributed by atoms with Gasteiger partial charge in [0.1, 0.15) is 5.69 Å². The molecule has 0 atom stereocenters. The van der Waals surface area contributed by atoms with Gasteiger partial charge in [0.2, 0.25) is 0 Å². The van der Waals surface area contributed by atoms with E-state index in [-0.39, 0.29) is 5.91 Å². The van der Waals surface area contributed by atoms with Crippen molar-refractivity contribution < 1.29 is 4.79 Å². The second-order valence-corrected chi connectivity index (χ2v) is 5.73. The average Bonchev–Trinajstić information content (AvgIpc) is 2.46. The molecular formula is C16H25N3O. The third kappa shape index (κ3) is 3.57. The van der Waals surface area contributed by atoms with Crippen molar-refractivity contribution in [3.05, 3.63) is 29.1 Å². The number of unbranched alkanes of at least 4 members (excludes halogenated alkanes) is 1. The van der Waals surface area contributed by atoms with Crippen molar-refractivity contribution >= 4 is 5.91 Å². The van der Waals surface area contributed by atoms with Crippen LogP contribution in [0.4, 0.5) is 0 Å². The normalized spacial score (nSPS) is 15.2. The quantitative estimate of drug-likeness (QED) is 0.839. The van der Waals surface area contributed by atoms with Gasteiger partial charge in [-0.1, -0.05) is 19.4 Å². The molecule has 20 heavy (non-hydrogen) atoms. The molecule has 0 fully saturated rings. The summed E-state index contributed by atoms with van der Waals surface area (Å²) in [7, 11) is 0. The van der Waals surface area contributed by atoms with Gasteiger partial charge in [0.15, 0.2) is 0 Å². The Balaban J connectivity index is 2.07. The molecule has 2 heterocycles. The van der Waals surface area contributed by atoms with E-state index in [4.69, 9.17) is 0 Å². The van der Waals surface area contributed by atoms with E-state index in [0.29, 0.717) is 11.7 Å². The highest BCUT2D eigenvalue weighted by Crippen LogP contribution is 2.19. The van der Waals surface area contributed by atoms with Gasteiger partial charge in [-0.15, -0.1) is 0 Å². The molecule has 0 radical (unpaired) electrons. The van der Waals surface area contributed by atoms with Gasteiger partial charge >= 0.3 is 0 Å². The molecule has 2 rings (SSSR count). The first-order valence-corrected chi connectivity index (χ1v) is 7.63. The van der Waals surface area contributed by atoms with E-state index < -0.39 is 0 Å². The number of carbonyl (C=O) groups excluding carboxylic acids is 1. The maximum Gasteiger partial charge on any atom is 0.269 e. The number of hydrogen-bond acceptors (Lipinski definition) is 3. The maximum absolute atomic E-state index is 12.0. The summed E-state index contributed by atoms with van der Waals surface area (Å²) in [5, 5.41) is 2.93. The Hall–Kier alpha value is -1.42. The molecule has 0 saturated carbocycles. The Labute approximate surface area is 121 Å². The van der Waals surface area contributed by atoms with Crippen LogP contribution in [0.25, 0.3) is 0 Å². The molecule has 0 aromatic carbocycles. The predicted molar refractivity (Wildman–Crippen MR) is 80.7 cm³/mol. The summed E-state index contributed by atoms with van der Waals surface area (Å²) in [5.74, 6) is -0.0529. The number of rotatable bonds is 5. The highest BCUT2D eigenvalue weighted by atomic mass is 16.1. The molecular weight excluding hydrogens is 250 g/mol. The molecule has 1 N–H and O–H groups in total. The molecule has 4 heteroatoms. The van der Waals surface area contributed by atoms with Gasteiger partial charge in [0.05, 0.1) is 5.69 Å². The number of fused-ring (bicyclic) bond motifs is 1. The summed E-state index contributed by atoms with van der Waals surface area (Å²) in [6.45, 7) is 9.17. The molecule has 4 nitrogen and oxygen atoms in total. The fourth-order valence-corrected chi connectivity index (χ4v) is 2.47. The molecule has 0 bridgehead atoms. The predicted octanol–water partition coefficient (Wildman–Crippen LogP) is 2.38. The number of hydrogen-bond donors (Lipinski definition) is 1. The molecule has 1 amide bonds. The molecule has 0 spiro atoms. The summed E-state index contributed by atoms with van der Waals surface area (Å²) in [5.41, 5.74) is 2.89. The van der Waals surface area contributed by atoms with Crippen LogP contribution in [0.3, 0.4) is 0 Å². The lowest BCUT2D eigenvalue weighted by Crippen LogP contribution is -2.37. The van der Waals surface area contributed by atoms with Gasteiger partial charge in [-0.25, -0.2) is 4.98 Å². The summed E-state index contributed by atoms with van der Waals surface area (Å²) >= 11 is 0. The molecule has 0 saturated heterocycles. The fourth-order valence-electron chi connectivity index (χ4n) is 2.47. The van der Waals surface area contributed by atoms with Crippen LogP contribution in [0.2, 0.25) is 0 Å².